The molecule has 24 heavy (non-hydrogen) atoms. The number of aryl methyl sites for hydroxylation is 1. The molecule has 2 aromatic rings. The van der Waals surface area contributed by atoms with Crippen LogP contribution in [0.5, 0.6) is 0 Å². The molecule has 4 heteroatoms. The van der Waals surface area contributed by atoms with Gasteiger partial charge in [-0.2, -0.15) is 0 Å². The predicted molar refractivity (Wildman–Crippen MR) is 94.7 cm³/mol. The van der Waals surface area contributed by atoms with E-state index in [-0.39, 0.29) is 17.8 Å². The largest absolute Gasteiger partial charge is 0.349 e. The Bertz CT molecular complexity index is 772. The van der Waals surface area contributed by atoms with Crippen LogP contribution in [-0.2, 0) is 6.42 Å². The van der Waals surface area contributed by atoms with E-state index < -0.39 is 0 Å². The highest BCUT2D eigenvalue weighted by Gasteiger charge is 2.25. The lowest BCUT2D eigenvalue weighted by atomic mass is 9.85. The van der Waals surface area contributed by atoms with Crippen molar-refractivity contribution in [2.24, 2.45) is 5.92 Å². The fourth-order valence-corrected chi connectivity index (χ4v) is 3.79. The quantitative estimate of drug-likeness (QED) is 0.898. The summed E-state index contributed by atoms with van der Waals surface area (Å²) in [5, 5.41) is 3.80. The second kappa shape index (κ2) is 6.88. The molecule has 0 spiro atoms. The first-order valence-electron chi connectivity index (χ1n) is 8.90. The van der Waals surface area contributed by atoms with Crippen LogP contribution in [0.4, 0.5) is 4.39 Å². The van der Waals surface area contributed by atoms with Crippen molar-refractivity contribution in [1.82, 2.24) is 10.3 Å². The number of hydrogen-bond donors (Lipinski definition) is 1. The van der Waals surface area contributed by atoms with Crippen LogP contribution in [0.2, 0.25) is 0 Å². The standard InChI is InChI=1S/C20H25FN2O/c1-4-16-13(3)19(15-11-14(21)9-10-18(15)22-16)20(24)23-17-8-6-5-7-12(17)2/h9-12,17H,4-8H2,1-3H3,(H,23,24)/t12-,17+/m0/s1. The van der Waals surface area contributed by atoms with Crippen LogP contribution in [0.3, 0.4) is 0 Å². The van der Waals surface area contributed by atoms with E-state index in [1.807, 2.05) is 13.8 Å². The van der Waals surface area contributed by atoms with Crippen molar-refractivity contribution >= 4 is 16.8 Å². The summed E-state index contributed by atoms with van der Waals surface area (Å²) in [6.45, 7) is 6.13. The SMILES string of the molecule is CCc1nc2ccc(F)cc2c(C(=O)N[C@@H]2CCCC[C@@H]2C)c1C. The van der Waals surface area contributed by atoms with E-state index in [1.54, 1.807) is 6.07 Å². The minimum atomic E-state index is -0.340. The molecule has 0 saturated heterocycles. The fourth-order valence-electron chi connectivity index (χ4n) is 3.79. The van der Waals surface area contributed by atoms with Gasteiger partial charge >= 0.3 is 0 Å². The normalized spacial score (nSPS) is 21.0. The molecule has 0 unspecified atom stereocenters. The van der Waals surface area contributed by atoms with E-state index in [1.165, 1.54) is 18.6 Å². The molecular formula is C20H25FN2O. The number of carbonyl (C=O) groups is 1. The summed E-state index contributed by atoms with van der Waals surface area (Å²) in [5.41, 5.74) is 3.02. The Morgan fingerprint density at radius 3 is 2.79 bits per heavy atom. The monoisotopic (exact) mass is 328 g/mol. The maximum Gasteiger partial charge on any atom is 0.252 e. The second-order valence-corrected chi connectivity index (χ2v) is 6.92. The topological polar surface area (TPSA) is 42.0 Å². The lowest BCUT2D eigenvalue weighted by molar-refractivity contribution is 0.0911. The van der Waals surface area contributed by atoms with Crippen LogP contribution in [0.15, 0.2) is 18.2 Å². The molecule has 1 aromatic heterocycles. The third-order valence-electron chi connectivity index (χ3n) is 5.28. The molecule has 128 valence electrons. The zero-order valence-corrected chi connectivity index (χ0v) is 14.7. The number of nitrogens with one attached hydrogen (secondary N) is 1. The van der Waals surface area contributed by atoms with Gasteiger partial charge in [-0.15, -0.1) is 0 Å². The van der Waals surface area contributed by atoms with Crippen LogP contribution < -0.4 is 5.32 Å². The van der Waals surface area contributed by atoms with Crippen LogP contribution >= 0.6 is 0 Å². The molecule has 1 N–H and O–H groups in total. The number of hydrogen-bond acceptors (Lipinski definition) is 2. The van der Waals surface area contributed by atoms with Gasteiger partial charge in [-0.05, 0) is 55.9 Å². The molecule has 0 bridgehead atoms. The van der Waals surface area contributed by atoms with Crippen LogP contribution in [0, 0.1) is 18.7 Å². The molecular weight excluding hydrogens is 303 g/mol. The summed E-state index contributed by atoms with van der Waals surface area (Å²) in [5.74, 6) is 0.0467. The first-order chi connectivity index (χ1) is 11.5. The van der Waals surface area contributed by atoms with Crippen molar-refractivity contribution < 1.29 is 9.18 Å². The third-order valence-corrected chi connectivity index (χ3v) is 5.28. The molecule has 1 aliphatic carbocycles. The van der Waals surface area contributed by atoms with E-state index >= 15 is 0 Å². The van der Waals surface area contributed by atoms with Gasteiger partial charge < -0.3 is 5.32 Å². The molecule has 1 aliphatic rings. The van der Waals surface area contributed by atoms with E-state index in [9.17, 15) is 9.18 Å². The highest BCUT2D eigenvalue weighted by molar-refractivity contribution is 6.07. The molecule has 3 nitrogen and oxygen atoms in total. The van der Waals surface area contributed by atoms with E-state index in [0.717, 1.165) is 36.9 Å². The fraction of sp³-hybridized carbons (Fsp3) is 0.500. The van der Waals surface area contributed by atoms with Gasteiger partial charge in [0.15, 0.2) is 0 Å². The molecule has 1 fully saturated rings. The van der Waals surface area contributed by atoms with Crippen molar-refractivity contribution in [2.75, 3.05) is 0 Å². The molecule has 1 amide bonds. The Morgan fingerprint density at radius 2 is 2.08 bits per heavy atom. The average Bonchev–Trinajstić information content (AvgIpc) is 2.56. The number of amides is 1. The number of carbonyl (C=O) groups excluding carboxylic acids is 1. The number of benzene rings is 1. The van der Waals surface area contributed by atoms with Crippen LogP contribution in [-0.4, -0.2) is 16.9 Å². The molecule has 1 heterocycles. The van der Waals surface area contributed by atoms with Crippen molar-refractivity contribution in [3.8, 4) is 0 Å². The van der Waals surface area contributed by atoms with Crippen molar-refractivity contribution in [3.63, 3.8) is 0 Å². The molecule has 1 aromatic carbocycles. The second-order valence-electron chi connectivity index (χ2n) is 6.92. The third kappa shape index (κ3) is 3.14. The van der Waals surface area contributed by atoms with Gasteiger partial charge in [0, 0.05) is 17.1 Å². The van der Waals surface area contributed by atoms with E-state index in [2.05, 4.69) is 17.2 Å². The Labute approximate surface area is 142 Å². The number of aromatic nitrogens is 1. The van der Waals surface area contributed by atoms with Gasteiger partial charge in [-0.25, -0.2) is 4.39 Å². The van der Waals surface area contributed by atoms with Gasteiger partial charge in [0.05, 0.1) is 11.1 Å². The van der Waals surface area contributed by atoms with E-state index in [4.69, 9.17) is 0 Å². The summed E-state index contributed by atoms with van der Waals surface area (Å²) in [6, 6.07) is 4.68. The molecule has 0 aliphatic heterocycles. The molecule has 3 rings (SSSR count). The van der Waals surface area contributed by atoms with Gasteiger partial charge in [0.25, 0.3) is 5.91 Å². The van der Waals surface area contributed by atoms with Gasteiger partial charge in [0.1, 0.15) is 5.82 Å². The minimum Gasteiger partial charge on any atom is -0.349 e. The lowest BCUT2D eigenvalue weighted by Gasteiger charge is -2.30. The van der Waals surface area contributed by atoms with Gasteiger partial charge in [-0.1, -0.05) is 26.7 Å². The number of halogens is 1. The molecule has 2 atom stereocenters. The molecule has 1 saturated carbocycles. The van der Waals surface area contributed by atoms with Crippen LogP contribution in [0.1, 0.15) is 61.1 Å². The van der Waals surface area contributed by atoms with Crippen molar-refractivity contribution in [2.45, 2.75) is 58.9 Å². The maximum absolute atomic E-state index is 13.8. The maximum atomic E-state index is 13.8. The highest BCUT2D eigenvalue weighted by Crippen LogP contribution is 2.27. The zero-order valence-electron chi connectivity index (χ0n) is 14.7. The predicted octanol–water partition coefficient (Wildman–Crippen LogP) is 4.55. The Morgan fingerprint density at radius 1 is 1.33 bits per heavy atom. The Balaban J connectivity index is 2.04. The highest BCUT2D eigenvalue weighted by atomic mass is 19.1. The Kier molecular flexibility index (Phi) is 4.83. The first kappa shape index (κ1) is 16.9. The Hall–Kier alpha value is -1.97. The summed E-state index contributed by atoms with van der Waals surface area (Å²) < 4.78 is 13.8. The number of fused-ring (bicyclic) bond motifs is 1. The smallest absolute Gasteiger partial charge is 0.252 e. The number of nitrogens with zero attached hydrogens (tertiary/aromatic N) is 1. The van der Waals surface area contributed by atoms with Crippen molar-refractivity contribution in [1.29, 1.82) is 0 Å². The summed E-state index contributed by atoms with van der Waals surface area (Å²) >= 11 is 0. The minimum absolute atomic E-state index is 0.0982. The summed E-state index contributed by atoms with van der Waals surface area (Å²) in [6.07, 6.45) is 5.30. The van der Waals surface area contributed by atoms with E-state index in [0.29, 0.717) is 22.4 Å². The number of pyridine rings is 1. The first-order valence-corrected chi connectivity index (χ1v) is 8.90. The summed E-state index contributed by atoms with van der Waals surface area (Å²) in [7, 11) is 0. The van der Waals surface area contributed by atoms with Crippen molar-refractivity contribution in [3.05, 3.63) is 40.8 Å². The lowest BCUT2D eigenvalue weighted by Crippen LogP contribution is -2.41. The zero-order chi connectivity index (χ0) is 17.3. The molecule has 0 radical (unpaired) electrons. The summed E-state index contributed by atoms with van der Waals surface area (Å²) in [4.78, 5) is 17.6. The van der Waals surface area contributed by atoms with Gasteiger partial charge in [0.2, 0.25) is 0 Å². The average molecular weight is 328 g/mol. The van der Waals surface area contributed by atoms with Gasteiger partial charge in [-0.3, -0.25) is 9.78 Å². The van der Waals surface area contributed by atoms with Crippen LogP contribution in [0.25, 0.3) is 10.9 Å². The number of rotatable bonds is 3.